The number of aliphatic hydroxyl groups excluding tert-OH is 1. The Labute approximate surface area is 345 Å². The Morgan fingerprint density at radius 3 is 2.47 bits per heavy atom. The van der Waals surface area contributed by atoms with Gasteiger partial charge in [0.05, 0.1) is 40.1 Å². The Morgan fingerprint density at radius 1 is 1.12 bits per heavy atom. The van der Waals surface area contributed by atoms with Gasteiger partial charge in [-0.25, -0.2) is 15.2 Å². The van der Waals surface area contributed by atoms with Crippen molar-refractivity contribution in [3.8, 4) is 22.5 Å². The number of pyridine rings is 1. The summed E-state index contributed by atoms with van der Waals surface area (Å²) in [7, 11) is 1.69. The summed E-state index contributed by atoms with van der Waals surface area (Å²) in [5.74, 6) is -1.52. The van der Waals surface area contributed by atoms with Crippen molar-refractivity contribution < 1.29 is 34.1 Å². The van der Waals surface area contributed by atoms with Crippen molar-refractivity contribution >= 4 is 45.9 Å². The lowest BCUT2D eigenvalue weighted by molar-refractivity contribution is -0.147. The van der Waals surface area contributed by atoms with E-state index in [0.717, 1.165) is 57.8 Å². The smallest absolute Gasteiger partial charge is 0.408 e. The molecule has 3 atom stereocenters. The van der Waals surface area contributed by atoms with E-state index in [1.54, 1.807) is 27.9 Å². The number of carboxylic acids is 1. The van der Waals surface area contributed by atoms with Crippen molar-refractivity contribution in [2.75, 3.05) is 38.3 Å². The predicted octanol–water partition coefficient (Wildman–Crippen LogP) is 6.98. The van der Waals surface area contributed by atoms with Crippen LogP contribution in [0.2, 0.25) is 0 Å². The highest BCUT2D eigenvalue weighted by molar-refractivity contribution is 7.10. The van der Waals surface area contributed by atoms with E-state index in [1.165, 1.54) is 16.3 Å². The molecular formula is C43H61N7O7S. The highest BCUT2D eigenvalue weighted by atomic mass is 32.1. The van der Waals surface area contributed by atoms with E-state index < -0.39 is 41.1 Å². The number of alkyl carbamates (subject to hydrolysis) is 1. The van der Waals surface area contributed by atoms with Crippen LogP contribution in [0.15, 0.2) is 35.8 Å². The number of ether oxygens (including phenoxy) is 2. The number of carboxylic acid groups (broad SMARTS) is 1. The van der Waals surface area contributed by atoms with Crippen molar-refractivity contribution in [1.82, 2.24) is 30.3 Å². The van der Waals surface area contributed by atoms with Crippen LogP contribution in [0.4, 0.5) is 10.5 Å². The van der Waals surface area contributed by atoms with E-state index in [2.05, 4.69) is 73.0 Å². The van der Waals surface area contributed by atoms with Crippen molar-refractivity contribution in [1.29, 1.82) is 0 Å². The second-order valence-corrected chi connectivity index (χ2v) is 17.6. The second kappa shape index (κ2) is 18.6. The molecule has 0 bridgehead atoms. The number of nitrogens with zero attached hydrogens (tertiary/aromatic N) is 5. The minimum atomic E-state index is -1.06. The van der Waals surface area contributed by atoms with Crippen LogP contribution in [0.5, 0.6) is 0 Å². The van der Waals surface area contributed by atoms with E-state index >= 15 is 0 Å². The summed E-state index contributed by atoms with van der Waals surface area (Å²) in [6.07, 6.45) is 2.46. The summed E-state index contributed by atoms with van der Waals surface area (Å²) >= 11 is 1.38. The first-order valence-corrected chi connectivity index (χ1v) is 21.1. The minimum Gasteiger partial charge on any atom is -0.480 e. The molecule has 0 aliphatic carbocycles. The van der Waals surface area contributed by atoms with Gasteiger partial charge in [0.2, 0.25) is 0 Å². The van der Waals surface area contributed by atoms with Gasteiger partial charge in [0.15, 0.2) is 0 Å². The summed E-state index contributed by atoms with van der Waals surface area (Å²) in [6.45, 7) is 20.4. The monoisotopic (exact) mass is 819 g/mol. The largest absolute Gasteiger partial charge is 0.480 e. The summed E-state index contributed by atoms with van der Waals surface area (Å²) in [4.78, 5) is 50.8. The number of aromatic nitrogens is 3. The lowest BCUT2D eigenvalue weighted by atomic mass is 9.84. The zero-order chi connectivity index (χ0) is 42.5. The zero-order valence-electron chi connectivity index (χ0n) is 35.6. The molecule has 316 valence electrons. The molecule has 15 heteroatoms. The first kappa shape index (κ1) is 44.5. The fourth-order valence-electron chi connectivity index (χ4n) is 7.46. The van der Waals surface area contributed by atoms with Crippen LogP contribution in [-0.4, -0.2) is 98.8 Å². The Hall–Kier alpha value is -4.57. The van der Waals surface area contributed by atoms with Gasteiger partial charge in [-0.1, -0.05) is 19.9 Å². The number of aliphatic hydroxyl groups is 1. The van der Waals surface area contributed by atoms with Gasteiger partial charge in [0.1, 0.15) is 17.7 Å². The van der Waals surface area contributed by atoms with Crippen LogP contribution < -0.4 is 15.6 Å². The summed E-state index contributed by atoms with van der Waals surface area (Å²) in [5, 5.41) is 27.8. The number of hydrogen-bond donors (Lipinski definition) is 4. The zero-order valence-corrected chi connectivity index (χ0v) is 36.5. The van der Waals surface area contributed by atoms with Crippen molar-refractivity contribution in [3.05, 3.63) is 52.1 Å². The van der Waals surface area contributed by atoms with Gasteiger partial charge in [-0.2, -0.15) is 0 Å². The SMILES string of the molecule is CCN(CC)c1cnc([C@H](C)OC)c(-c2c(CC(C)(C)CO)c3cc(-c4csc(C[C@H](NC(=O)OC(C)(C)C)C(=O)N5CCC[C@@H](C(=O)O)N5)n4)ccc3n2CC)c1. The first-order valence-electron chi connectivity index (χ1n) is 20.2. The Balaban J connectivity index is 1.59. The molecule has 3 aromatic heterocycles. The van der Waals surface area contributed by atoms with Gasteiger partial charge in [-0.3, -0.25) is 19.6 Å². The molecule has 14 nitrogen and oxygen atoms in total. The van der Waals surface area contributed by atoms with Crippen molar-refractivity contribution in [2.24, 2.45) is 5.41 Å². The number of amides is 2. The number of aliphatic carboxylic acids is 1. The molecular weight excluding hydrogens is 759 g/mol. The van der Waals surface area contributed by atoms with E-state index in [4.69, 9.17) is 19.4 Å². The maximum atomic E-state index is 13.9. The molecule has 0 spiro atoms. The first-order chi connectivity index (χ1) is 27.4. The van der Waals surface area contributed by atoms with Crippen LogP contribution in [-0.2, 0) is 38.4 Å². The molecule has 1 aromatic carbocycles. The molecule has 1 aliphatic heterocycles. The number of carbonyl (C=O) groups excluding carboxylic acids is 2. The normalized spacial score (nSPS) is 16.0. The highest BCUT2D eigenvalue weighted by Crippen LogP contribution is 2.42. The predicted molar refractivity (Wildman–Crippen MR) is 228 cm³/mol. The molecule has 4 heterocycles. The van der Waals surface area contributed by atoms with Crippen LogP contribution in [0.3, 0.4) is 0 Å². The number of hydrogen-bond acceptors (Lipinski definition) is 11. The van der Waals surface area contributed by atoms with Crippen molar-refractivity contribution in [2.45, 2.75) is 118 Å². The molecule has 0 unspecified atom stereocenters. The quantitative estimate of drug-likeness (QED) is 0.0920. The molecule has 0 saturated carbocycles. The lowest BCUT2D eigenvalue weighted by Crippen LogP contribution is -2.60. The van der Waals surface area contributed by atoms with Crippen LogP contribution >= 0.6 is 11.3 Å². The molecule has 4 N–H and O–H groups in total. The number of carbonyl (C=O) groups is 3. The average molecular weight is 820 g/mol. The Bertz CT molecular complexity index is 2080. The summed E-state index contributed by atoms with van der Waals surface area (Å²) in [6, 6.07) is 6.57. The molecule has 1 saturated heterocycles. The molecule has 4 aromatic rings. The number of aryl methyl sites for hydroxylation is 1. The fourth-order valence-corrected chi connectivity index (χ4v) is 8.31. The standard InChI is InChI=1S/C43H61N7O7S/c1-11-48(12-2)28-20-30(37(44-23-28)26(4)56-10)38-31(22-43(8,9)25-51)29-19-27(16-17-35(29)49(38)13-3)34-24-58-36(45-34)21-33(46-41(55)57-42(5,6)7)39(52)50-18-14-15-32(47-50)40(53)54/h16-17,19-20,23-24,26,32-33,47,51H,11-15,18,21-22,25H2,1-10H3,(H,46,55)(H,53,54)/t26-,32-,33-/m0/s1. The number of methoxy groups -OCH3 is 1. The van der Waals surface area contributed by atoms with Gasteiger partial charge < -0.3 is 34.5 Å². The molecule has 58 heavy (non-hydrogen) atoms. The van der Waals surface area contributed by atoms with Crippen LogP contribution in [0, 0.1) is 5.41 Å². The summed E-state index contributed by atoms with van der Waals surface area (Å²) in [5.41, 5.74) is 9.21. The van der Waals surface area contributed by atoms with Gasteiger partial charge in [0.25, 0.3) is 5.91 Å². The second-order valence-electron chi connectivity index (χ2n) is 16.7. The molecule has 0 radical (unpaired) electrons. The topological polar surface area (TPSA) is 171 Å². The number of nitrogens with one attached hydrogen (secondary N) is 2. The maximum Gasteiger partial charge on any atom is 0.408 e. The van der Waals surface area contributed by atoms with E-state index in [-0.39, 0.29) is 19.1 Å². The number of thiazole rings is 1. The van der Waals surface area contributed by atoms with E-state index in [1.807, 2.05) is 24.6 Å². The van der Waals surface area contributed by atoms with Crippen LogP contribution in [0.25, 0.3) is 33.4 Å². The molecule has 1 fully saturated rings. The van der Waals surface area contributed by atoms with E-state index in [9.17, 15) is 24.6 Å². The number of anilines is 1. The maximum absolute atomic E-state index is 13.9. The van der Waals surface area contributed by atoms with Gasteiger partial charge in [-0.15, -0.1) is 11.3 Å². The Morgan fingerprint density at radius 2 is 1.84 bits per heavy atom. The lowest BCUT2D eigenvalue weighted by Gasteiger charge is -2.34. The minimum absolute atomic E-state index is 0.000569. The number of fused-ring (bicyclic) bond motifs is 1. The number of hydrazine groups is 1. The third kappa shape index (κ3) is 10.2. The van der Waals surface area contributed by atoms with E-state index in [0.29, 0.717) is 43.1 Å². The highest BCUT2D eigenvalue weighted by Gasteiger charge is 2.34. The third-order valence-electron chi connectivity index (χ3n) is 10.6. The Kier molecular flexibility index (Phi) is 14.3. The van der Waals surface area contributed by atoms with Crippen LogP contribution in [0.1, 0.15) is 97.5 Å². The summed E-state index contributed by atoms with van der Waals surface area (Å²) < 4.78 is 13.7. The molecule has 1 aliphatic rings. The number of rotatable bonds is 16. The average Bonchev–Trinajstić information content (AvgIpc) is 3.78. The van der Waals surface area contributed by atoms with Crippen molar-refractivity contribution in [3.63, 3.8) is 0 Å². The van der Waals surface area contributed by atoms with Gasteiger partial charge >= 0.3 is 12.1 Å². The third-order valence-corrected chi connectivity index (χ3v) is 11.4. The van der Waals surface area contributed by atoms with Gasteiger partial charge in [0, 0.05) is 73.7 Å². The molecule has 2 amide bonds. The fraction of sp³-hybridized carbons (Fsp3) is 0.558. The number of benzene rings is 1. The van der Waals surface area contributed by atoms with Gasteiger partial charge in [-0.05, 0) is 96.9 Å². The molecule has 5 rings (SSSR count).